The molecule has 210 valence electrons. The van der Waals surface area contributed by atoms with Gasteiger partial charge in [0.25, 0.3) is 0 Å². The minimum atomic E-state index is -1.23. The predicted octanol–water partition coefficient (Wildman–Crippen LogP) is 6.72. The summed E-state index contributed by atoms with van der Waals surface area (Å²) in [7, 11) is 0. The lowest BCUT2D eigenvalue weighted by atomic mass is 9.83. The zero-order valence-corrected chi connectivity index (χ0v) is 23.2. The SMILES string of the molecule is CC(C)c1c(/C=C/C(O)CC(=O)CC(=O)O)c(-c2ccc(F)cc2)c(OCc2ccccc2)c2c1CC(C)(C)O2. The fraction of sp³-hybridized carbons (Fsp3) is 0.333. The molecule has 0 aromatic heterocycles. The van der Waals surface area contributed by atoms with Crippen LogP contribution in [-0.4, -0.2) is 33.7 Å². The molecule has 6 nitrogen and oxygen atoms in total. The van der Waals surface area contributed by atoms with E-state index in [0.29, 0.717) is 29.0 Å². The van der Waals surface area contributed by atoms with E-state index in [9.17, 15) is 19.1 Å². The van der Waals surface area contributed by atoms with E-state index in [1.165, 1.54) is 18.2 Å². The van der Waals surface area contributed by atoms with Gasteiger partial charge in [-0.3, -0.25) is 9.59 Å². The Hall–Kier alpha value is -3.97. The average molecular weight is 547 g/mol. The van der Waals surface area contributed by atoms with E-state index in [-0.39, 0.29) is 24.8 Å². The number of aliphatic hydroxyl groups excluding tert-OH is 1. The van der Waals surface area contributed by atoms with Crippen LogP contribution in [-0.2, 0) is 22.6 Å². The van der Waals surface area contributed by atoms with Gasteiger partial charge in [-0.05, 0) is 54.2 Å². The van der Waals surface area contributed by atoms with Crippen molar-refractivity contribution in [3.63, 3.8) is 0 Å². The van der Waals surface area contributed by atoms with Crippen molar-refractivity contribution < 1.29 is 33.7 Å². The van der Waals surface area contributed by atoms with Crippen LogP contribution in [0.3, 0.4) is 0 Å². The number of hydrogen-bond donors (Lipinski definition) is 2. The molecule has 4 rings (SSSR count). The Morgan fingerprint density at radius 3 is 2.40 bits per heavy atom. The highest BCUT2D eigenvalue weighted by atomic mass is 19.1. The fourth-order valence-corrected chi connectivity index (χ4v) is 5.17. The average Bonchev–Trinajstić information content (AvgIpc) is 3.20. The van der Waals surface area contributed by atoms with Crippen LogP contribution in [0.2, 0.25) is 0 Å². The van der Waals surface area contributed by atoms with Crippen LogP contribution >= 0.6 is 0 Å². The lowest BCUT2D eigenvalue weighted by Gasteiger charge is -2.24. The largest absolute Gasteiger partial charge is 0.484 e. The van der Waals surface area contributed by atoms with Gasteiger partial charge in [0.15, 0.2) is 11.5 Å². The number of halogens is 1. The molecule has 0 saturated carbocycles. The monoisotopic (exact) mass is 546 g/mol. The van der Waals surface area contributed by atoms with Crippen molar-refractivity contribution in [2.75, 3.05) is 0 Å². The number of aliphatic hydroxyl groups is 1. The lowest BCUT2D eigenvalue weighted by Crippen LogP contribution is -2.25. The molecule has 0 amide bonds. The second-order valence-electron chi connectivity index (χ2n) is 11.1. The highest BCUT2D eigenvalue weighted by Crippen LogP contribution is 2.53. The van der Waals surface area contributed by atoms with Crippen LogP contribution in [0.15, 0.2) is 60.7 Å². The summed E-state index contributed by atoms with van der Waals surface area (Å²) in [5.74, 6) is -0.941. The Labute approximate surface area is 234 Å². The molecule has 1 atom stereocenters. The van der Waals surface area contributed by atoms with Gasteiger partial charge in [0.2, 0.25) is 0 Å². The summed E-state index contributed by atoms with van der Waals surface area (Å²) in [6.07, 6.45) is 1.76. The Morgan fingerprint density at radius 2 is 1.77 bits per heavy atom. The van der Waals surface area contributed by atoms with Crippen molar-refractivity contribution >= 4 is 17.8 Å². The quantitative estimate of drug-likeness (QED) is 0.260. The fourth-order valence-electron chi connectivity index (χ4n) is 5.17. The smallest absolute Gasteiger partial charge is 0.310 e. The third-order valence-electron chi connectivity index (χ3n) is 6.78. The van der Waals surface area contributed by atoms with Crippen molar-refractivity contribution in [3.8, 4) is 22.6 Å². The van der Waals surface area contributed by atoms with Crippen molar-refractivity contribution in [2.24, 2.45) is 0 Å². The van der Waals surface area contributed by atoms with Crippen LogP contribution < -0.4 is 9.47 Å². The Morgan fingerprint density at radius 1 is 1.10 bits per heavy atom. The summed E-state index contributed by atoms with van der Waals surface area (Å²) < 4.78 is 27.0. The van der Waals surface area contributed by atoms with Gasteiger partial charge in [-0.15, -0.1) is 0 Å². The maximum absolute atomic E-state index is 14.0. The predicted molar refractivity (Wildman–Crippen MR) is 152 cm³/mol. The first kappa shape index (κ1) is 29.0. The van der Waals surface area contributed by atoms with E-state index in [0.717, 1.165) is 22.3 Å². The van der Waals surface area contributed by atoms with Gasteiger partial charge in [0.05, 0.1) is 6.10 Å². The first-order chi connectivity index (χ1) is 18.9. The molecule has 0 fully saturated rings. The van der Waals surface area contributed by atoms with Gasteiger partial charge in [-0.25, -0.2) is 4.39 Å². The number of carboxylic acids is 1. The molecule has 1 heterocycles. The number of ketones is 1. The molecule has 40 heavy (non-hydrogen) atoms. The first-order valence-electron chi connectivity index (χ1n) is 13.4. The van der Waals surface area contributed by atoms with Crippen molar-refractivity contribution in [3.05, 3.63) is 88.7 Å². The summed E-state index contributed by atoms with van der Waals surface area (Å²) in [4.78, 5) is 22.9. The van der Waals surface area contributed by atoms with Crippen LogP contribution in [0.5, 0.6) is 11.5 Å². The molecule has 0 radical (unpaired) electrons. The molecular weight excluding hydrogens is 511 g/mol. The molecule has 1 aliphatic heterocycles. The van der Waals surface area contributed by atoms with E-state index in [4.69, 9.17) is 14.6 Å². The number of rotatable bonds is 11. The maximum atomic E-state index is 14.0. The molecule has 0 aliphatic carbocycles. The van der Waals surface area contributed by atoms with Crippen molar-refractivity contribution in [1.29, 1.82) is 0 Å². The summed E-state index contributed by atoms with van der Waals surface area (Å²) in [5.41, 5.74) is 4.67. The van der Waals surface area contributed by atoms with E-state index in [1.54, 1.807) is 18.2 Å². The first-order valence-corrected chi connectivity index (χ1v) is 13.4. The third-order valence-corrected chi connectivity index (χ3v) is 6.78. The van der Waals surface area contributed by atoms with Crippen molar-refractivity contribution in [1.82, 2.24) is 0 Å². The summed E-state index contributed by atoms with van der Waals surface area (Å²) >= 11 is 0. The van der Waals surface area contributed by atoms with Crippen LogP contribution in [0.1, 0.15) is 68.7 Å². The number of Topliss-reactive ketones (excluding diaryl/α,β-unsaturated/α-hetero) is 1. The molecule has 7 heteroatoms. The molecule has 1 aliphatic rings. The number of ether oxygens (including phenoxy) is 2. The van der Waals surface area contributed by atoms with E-state index in [2.05, 4.69) is 13.8 Å². The zero-order chi connectivity index (χ0) is 29.0. The second-order valence-corrected chi connectivity index (χ2v) is 11.1. The highest BCUT2D eigenvalue weighted by molar-refractivity contribution is 5.95. The van der Waals surface area contributed by atoms with Gasteiger partial charge in [-0.2, -0.15) is 0 Å². The molecule has 0 saturated heterocycles. The maximum Gasteiger partial charge on any atom is 0.310 e. The molecule has 0 bridgehead atoms. The van der Waals surface area contributed by atoms with Gasteiger partial charge < -0.3 is 19.7 Å². The van der Waals surface area contributed by atoms with E-state index < -0.39 is 29.9 Å². The summed E-state index contributed by atoms with van der Waals surface area (Å²) in [6, 6.07) is 15.9. The number of benzene rings is 3. The molecular formula is C33H35FO6. The number of fused-ring (bicyclic) bond motifs is 1. The standard InChI is InChI=1S/C33H35FO6/c1-20(2)29-26(15-14-24(35)16-25(36)17-28(37)38)30(22-10-12-23(34)13-11-22)32(31-27(29)18-33(3,4)40-31)39-19-21-8-6-5-7-9-21/h5-15,20,24,35H,16-19H2,1-4H3,(H,37,38)/b15-14+. The second kappa shape index (κ2) is 12.0. The minimum Gasteiger partial charge on any atom is -0.484 e. The zero-order valence-electron chi connectivity index (χ0n) is 23.2. The number of hydrogen-bond acceptors (Lipinski definition) is 5. The van der Waals surface area contributed by atoms with E-state index in [1.807, 2.05) is 44.2 Å². The molecule has 1 unspecified atom stereocenters. The lowest BCUT2D eigenvalue weighted by molar-refractivity contribution is -0.140. The number of carboxylic acid groups (broad SMARTS) is 1. The van der Waals surface area contributed by atoms with Crippen LogP contribution in [0.25, 0.3) is 17.2 Å². The minimum absolute atomic E-state index is 0.0547. The number of carbonyl (C=O) groups is 2. The van der Waals surface area contributed by atoms with Crippen LogP contribution in [0, 0.1) is 5.82 Å². The topological polar surface area (TPSA) is 93.1 Å². The molecule has 3 aromatic rings. The van der Waals surface area contributed by atoms with Gasteiger partial charge in [-0.1, -0.05) is 68.5 Å². The molecule has 0 spiro atoms. The highest BCUT2D eigenvalue weighted by Gasteiger charge is 2.38. The van der Waals surface area contributed by atoms with E-state index >= 15 is 0 Å². The Bertz CT molecular complexity index is 1410. The number of aliphatic carboxylic acids is 1. The molecule has 3 aromatic carbocycles. The third kappa shape index (κ3) is 6.77. The van der Waals surface area contributed by atoms with Crippen LogP contribution in [0.4, 0.5) is 4.39 Å². The van der Waals surface area contributed by atoms with Gasteiger partial charge in [0, 0.05) is 24.0 Å². The molecule has 2 N–H and O–H groups in total. The Kier molecular flexibility index (Phi) is 8.74. The van der Waals surface area contributed by atoms with Crippen molar-refractivity contribution in [2.45, 2.75) is 71.2 Å². The summed E-state index contributed by atoms with van der Waals surface area (Å²) in [5, 5.41) is 19.5. The van der Waals surface area contributed by atoms with Gasteiger partial charge >= 0.3 is 5.97 Å². The Balaban J connectivity index is 1.91. The normalized spacial score (nSPS) is 14.7. The summed E-state index contributed by atoms with van der Waals surface area (Å²) in [6.45, 7) is 8.46. The number of carbonyl (C=O) groups excluding carboxylic acids is 1. The van der Waals surface area contributed by atoms with Gasteiger partial charge in [0.1, 0.15) is 30.2 Å².